The molecule has 0 fully saturated rings. The lowest BCUT2D eigenvalue weighted by atomic mass is 10.1. The maximum Gasteiger partial charge on any atom is 0.252 e. The Bertz CT molecular complexity index is 898. The Balaban J connectivity index is 1.85. The topological polar surface area (TPSA) is 69.0 Å². The van der Waals surface area contributed by atoms with Gasteiger partial charge in [-0.1, -0.05) is 12.1 Å². The molecule has 3 rings (SSSR count). The summed E-state index contributed by atoms with van der Waals surface area (Å²) in [6.07, 6.45) is 0. The van der Waals surface area contributed by atoms with Crippen LogP contribution in [0.15, 0.2) is 30.3 Å². The van der Waals surface area contributed by atoms with Gasteiger partial charge in [-0.25, -0.2) is 4.98 Å². The fraction of sp³-hybridized carbons (Fsp3) is 0.278. The van der Waals surface area contributed by atoms with Crippen molar-refractivity contribution in [1.29, 1.82) is 0 Å². The van der Waals surface area contributed by atoms with Crippen LogP contribution in [0.25, 0.3) is 11.0 Å². The van der Waals surface area contributed by atoms with Crippen molar-refractivity contribution in [3.63, 3.8) is 0 Å². The molecule has 0 saturated carbocycles. The van der Waals surface area contributed by atoms with E-state index in [0.29, 0.717) is 12.1 Å². The van der Waals surface area contributed by atoms with Gasteiger partial charge in [-0.2, -0.15) is 5.10 Å². The number of carbonyl (C=O) groups is 1. The molecular weight excluding hydrogens is 304 g/mol. The van der Waals surface area contributed by atoms with Crippen LogP contribution in [0.2, 0.25) is 0 Å². The van der Waals surface area contributed by atoms with E-state index in [1.54, 1.807) is 17.9 Å². The third-order valence-electron chi connectivity index (χ3n) is 3.95. The molecule has 0 bridgehead atoms. The number of methoxy groups -OCH3 is 1. The van der Waals surface area contributed by atoms with Crippen LogP contribution >= 0.6 is 0 Å². The number of amides is 1. The Morgan fingerprint density at radius 3 is 2.62 bits per heavy atom. The normalized spacial score (nSPS) is 10.8. The van der Waals surface area contributed by atoms with Crippen LogP contribution in [-0.2, 0) is 13.6 Å². The number of hydrogen-bond donors (Lipinski definition) is 1. The van der Waals surface area contributed by atoms with Crippen LogP contribution in [0, 0.1) is 13.8 Å². The molecular formula is C18H20N4O2. The van der Waals surface area contributed by atoms with Gasteiger partial charge in [-0.15, -0.1) is 0 Å². The molecule has 3 aromatic rings. The number of ether oxygens (including phenoxy) is 1. The number of rotatable bonds is 4. The Labute approximate surface area is 140 Å². The van der Waals surface area contributed by atoms with Crippen LogP contribution in [0.4, 0.5) is 0 Å². The lowest BCUT2D eigenvalue weighted by Gasteiger charge is -2.08. The Morgan fingerprint density at radius 2 is 1.96 bits per heavy atom. The van der Waals surface area contributed by atoms with Crippen molar-refractivity contribution in [3.05, 3.63) is 52.8 Å². The van der Waals surface area contributed by atoms with E-state index < -0.39 is 0 Å². The Morgan fingerprint density at radius 1 is 1.25 bits per heavy atom. The molecule has 1 N–H and O–H groups in total. The molecule has 124 valence electrons. The molecule has 0 unspecified atom stereocenters. The number of pyridine rings is 1. The highest BCUT2D eigenvalue weighted by Gasteiger charge is 2.17. The summed E-state index contributed by atoms with van der Waals surface area (Å²) in [7, 11) is 3.46. The molecule has 1 aromatic carbocycles. The molecule has 0 aliphatic heterocycles. The van der Waals surface area contributed by atoms with Gasteiger partial charge in [0.15, 0.2) is 5.65 Å². The second-order valence-electron chi connectivity index (χ2n) is 5.75. The molecule has 0 radical (unpaired) electrons. The highest BCUT2D eigenvalue weighted by molar-refractivity contribution is 6.06. The molecule has 24 heavy (non-hydrogen) atoms. The van der Waals surface area contributed by atoms with E-state index in [-0.39, 0.29) is 5.91 Å². The molecule has 0 saturated heterocycles. The van der Waals surface area contributed by atoms with E-state index in [1.807, 2.05) is 45.2 Å². The van der Waals surface area contributed by atoms with Crippen LogP contribution in [0.3, 0.4) is 0 Å². The summed E-state index contributed by atoms with van der Waals surface area (Å²) in [6, 6.07) is 9.42. The number of aryl methyl sites for hydroxylation is 3. The van der Waals surface area contributed by atoms with Gasteiger partial charge in [-0.05, 0) is 37.6 Å². The quantitative estimate of drug-likeness (QED) is 0.801. The Hall–Kier alpha value is -2.89. The summed E-state index contributed by atoms with van der Waals surface area (Å²) >= 11 is 0. The number of fused-ring (bicyclic) bond motifs is 1. The van der Waals surface area contributed by atoms with Crippen LogP contribution in [-0.4, -0.2) is 27.8 Å². The average Bonchev–Trinajstić information content (AvgIpc) is 2.86. The smallest absolute Gasteiger partial charge is 0.252 e. The summed E-state index contributed by atoms with van der Waals surface area (Å²) in [5.74, 6) is 0.667. The molecule has 2 heterocycles. The zero-order valence-corrected chi connectivity index (χ0v) is 14.3. The Kier molecular flexibility index (Phi) is 4.20. The van der Waals surface area contributed by atoms with Gasteiger partial charge >= 0.3 is 0 Å². The molecule has 1 amide bonds. The van der Waals surface area contributed by atoms with E-state index in [4.69, 9.17) is 4.74 Å². The lowest BCUT2D eigenvalue weighted by Crippen LogP contribution is -2.23. The second kappa shape index (κ2) is 6.31. The van der Waals surface area contributed by atoms with Crippen LogP contribution < -0.4 is 10.1 Å². The van der Waals surface area contributed by atoms with Gasteiger partial charge in [0.05, 0.1) is 23.8 Å². The van der Waals surface area contributed by atoms with E-state index in [0.717, 1.165) is 33.7 Å². The van der Waals surface area contributed by atoms with Crippen LogP contribution in [0.5, 0.6) is 5.75 Å². The van der Waals surface area contributed by atoms with Crippen molar-refractivity contribution in [3.8, 4) is 5.75 Å². The largest absolute Gasteiger partial charge is 0.497 e. The number of aromatic nitrogens is 3. The predicted molar refractivity (Wildman–Crippen MR) is 92.1 cm³/mol. The van der Waals surface area contributed by atoms with E-state index in [2.05, 4.69) is 15.4 Å². The standard InChI is InChI=1S/C18H20N4O2/c1-11-9-15(16-12(2)21-22(3)17(16)20-11)18(23)19-10-13-5-7-14(24-4)8-6-13/h5-9H,10H2,1-4H3,(H,19,23). The molecule has 0 aliphatic carbocycles. The van der Waals surface area contributed by atoms with Gasteiger partial charge < -0.3 is 10.1 Å². The average molecular weight is 324 g/mol. The third kappa shape index (κ3) is 2.95. The highest BCUT2D eigenvalue weighted by atomic mass is 16.5. The number of nitrogens with zero attached hydrogens (tertiary/aromatic N) is 3. The van der Waals surface area contributed by atoms with Crippen molar-refractivity contribution in [2.24, 2.45) is 7.05 Å². The molecule has 0 spiro atoms. The van der Waals surface area contributed by atoms with E-state index in [1.165, 1.54) is 0 Å². The second-order valence-corrected chi connectivity index (χ2v) is 5.75. The minimum Gasteiger partial charge on any atom is -0.497 e. The van der Waals surface area contributed by atoms with Gasteiger partial charge in [-0.3, -0.25) is 9.48 Å². The summed E-state index contributed by atoms with van der Waals surface area (Å²) in [5, 5.41) is 8.14. The lowest BCUT2D eigenvalue weighted by molar-refractivity contribution is 0.0952. The molecule has 2 aromatic heterocycles. The van der Waals surface area contributed by atoms with Gasteiger partial charge in [0, 0.05) is 19.3 Å². The zero-order valence-electron chi connectivity index (χ0n) is 14.3. The maximum absolute atomic E-state index is 12.7. The summed E-state index contributed by atoms with van der Waals surface area (Å²) < 4.78 is 6.84. The monoisotopic (exact) mass is 324 g/mol. The minimum atomic E-state index is -0.127. The summed E-state index contributed by atoms with van der Waals surface area (Å²) in [6.45, 7) is 4.21. The van der Waals surface area contributed by atoms with Gasteiger partial charge in [0.25, 0.3) is 5.91 Å². The molecule has 6 heteroatoms. The first kappa shape index (κ1) is 16.0. The zero-order chi connectivity index (χ0) is 17.3. The van der Waals surface area contributed by atoms with E-state index in [9.17, 15) is 4.79 Å². The first-order valence-corrected chi connectivity index (χ1v) is 7.71. The highest BCUT2D eigenvalue weighted by Crippen LogP contribution is 2.21. The summed E-state index contributed by atoms with van der Waals surface area (Å²) in [4.78, 5) is 17.2. The number of hydrogen-bond acceptors (Lipinski definition) is 4. The van der Waals surface area contributed by atoms with Gasteiger partial charge in [0.2, 0.25) is 0 Å². The molecule has 0 atom stereocenters. The van der Waals surface area contributed by atoms with Crippen molar-refractivity contribution >= 4 is 16.9 Å². The van der Waals surface area contributed by atoms with Gasteiger partial charge in [0.1, 0.15) is 5.75 Å². The number of benzene rings is 1. The fourth-order valence-corrected chi connectivity index (χ4v) is 2.77. The van der Waals surface area contributed by atoms with Crippen molar-refractivity contribution in [2.75, 3.05) is 7.11 Å². The third-order valence-corrected chi connectivity index (χ3v) is 3.95. The predicted octanol–water partition coefficient (Wildman–Crippen LogP) is 2.52. The minimum absolute atomic E-state index is 0.127. The summed E-state index contributed by atoms with van der Waals surface area (Å²) in [5.41, 5.74) is 3.93. The molecule has 0 aliphatic rings. The molecule has 6 nitrogen and oxygen atoms in total. The van der Waals surface area contributed by atoms with E-state index >= 15 is 0 Å². The van der Waals surface area contributed by atoms with Crippen molar-refractivity contribution < 1.29 is 9.53 Å². The first-order chi connectivity index (χ1) is 11.5. The SMILES string of the molecule is COc1ccc(CNC(=O)c2cc(C)nc3c2c(C)nn3C)cc1. The first-order valence-electron chi connectivity index (χ1n) is 7.71. The fourth-order valence-electron chi connectivity index (χ4n) is 2.77. The van der Waals surface area contributed by atoms with Crippen molar-refractivity contribution in [2.45, 2.75) is 20.4 Å². The van der Waals surface area contributed by atoms with Crippen molar-refractivity contribution in [1.82, 2.24) is 20.1 Å². The number of nitrogens with one attached hydrogen (secondary N) is 1. The maximum atomic E-state index is 12.7. The number of carbonyl (C=O) groups excluding carboxylic acids is 1. The van der Waals surface area contributed by atoms with Crippen LogP contribution in [0.1, 0.15) is 27.3 Å².